The number of carbonyl (C=O) groups is 1. The SMILES string of the molecule is COc1cccc(OC)c1C(=O)[P-]c1c(Oc2ccccc2)cc(Oc2ccccc2)cc1Oc1ccccc1.[Li+]. The Morgan fingerprint density at radius 2 is 0.927 bits per heavy atom. The number of methoxy groups -OCH3 is 2. The minimum atomic E-state index is -0.248. The van der Waals surface area contributed by atoms with Crippen molar-refractivity contribution in [3.8, 4) is 46.0 Å². The van der Waals surface area contributed by atoms with Crippen LogP contribution in [0.4, 0.5) is 0 Å². The zero-order valence-electron chi connectivity index (χ0n) is 22.9. The molecule has 0 atom stereocenters. The summed E-state index contributed by atoms with van der Waals surface area (Å²) in [6.07, 6.45) is 0. The third-order valence-electron chi connectivity index (χ3n) is 5.79. The normalized spacial score (nSPS) is 10.5. The van der Waals surface area contributed by atoms with Crippen LogP contribution in [0.1, 0.15) is 10.4 Å². The van der Waals surface area contributed by atoms with E-state index in [9.17, 15) is 4.79 Å². The molecule has 0 spiro atoms. The summed E-state index contributed by atoms with van der Waals surface area (Å²) in [5.41, 5.74) is 0.0805. The van der Waals surface area contributed by atoms with Gasteiger partial charge in [0, 0.05) is 17.7 Å². The van der Waals surface area contributed by atoms with E-state index in [1.165, 1.54) is 14.2 Å². The summed E-state index contributed by atoms with van der Waals surface area (Å²) in [5.74, 6) is 3.99. The van der Waals surface area contributed by atoms with Crippen molar-refractivity contribution in [2.24, 2.45) is 0 Å². The van der Waals surface area contributed by atoms with Crippen LogP contribution in [0.3, 0.4) is 0 Å². The predicted octanol–water partition coefficient (Wildman–Crippen LogP) is 5.50. The Kier molecular flexibility index (Phi) is 10.5. The quantitative estimate of drug-likeness (QED) is 0.158. The van der Waals surface area contributed by atoms with Gasteiger partial charge in [-0.25, -0.2) is 0 Å². The summed E-state index contributed by atoms with van der Waals surface area (Å²) < 4.78 is 29.8. The average molecular weight is 556 g/mol. The van der Waals surface area contributed by atoms with Crippen LogP contribution in [0, 0.1) is 0 Å². The summed E-state index contributed by atoms with van der Waals surface area (Å²) in [4.78, 5) is 13.8. The molecule has 0 unspecified atom stereocenters. The van der Waals surface area contributed by atoms with E-state index in [1.54, 1.807) is 30.3 Å². The van der Waals surface area contributed by atoms with Crippen LogP contribution in [-0.2, 0) is 0 Å². The Bertz CT molecular complexity index is 1500. The Morgan fingerprint density at radius 1 is 0.512 bits per heavy atom. The van der Waals surface area contributed by atoms with Crippen molar-refractivity contribution in [1.82, 2.24) is 0 Å². The number of hydrogen-bond acceptors (Lipinski definition) is 6. The minimum absolute atomic E-state index is 0. The molecule has 0 aliphatic rings. The average Bonchev–Trinajstić information content (AvgIpc) is 3.00. The molecule has 0 aliphatic heterocycles. The van der Waals surface area contributed by atoms with Crippen LogP contribution in [-0.4, -0.2) is 19.7 Å². The first kappa shape index (κ1) is 29.8. The fraction of sp³-hybridized carbons (Fsp3) is 0.0606. The van der Waals surface area contributed by atoms with Gasteiger partial charge >= 0.3 is 18.9 Å². The molecule has 41 heavy (non-hydrogen) atoms. The molecule has 200 valence electrons. The van der Waals surface area contributed by atoms with Gasteiger partial charge in [0.15, 0.2) is 0 Å². The van der Waals surface area contributed by atoms with Gasteiger partial charge < -0.3 is 37.1 Å². The molecule has 0 aromatic heterocycles. The number of para-hydroxylation sites is 3. The Hall–Kier alpha value is -4.20. The number of ether oxygens (including phenoxy) is 5. The van der Waals surface area contributed by atoms with Crippen LogP contribution in [0.2, 0.25) is 0 Å². The largest absolute Gasteiger partial charge is 1.00 e. The molecular weight excluding hydrogens is 530 g/mol. The molecule has 0 amide bonds. The first-order chi connectivity index (χ1) is 19.6. The fourth-order valence-electron chi connectivity index (χ4n) is 3.96. The van der Waals surface area contributed by atoms with E-state index in [0.717, 1.165) is 0 Å². The molecule has 0 fully saturated rings. The Balaban J connectivity index is 0.00000387. The summed E-state index contributed by atoms with van der Waals surface area (Å²) in [5, 5.41) is 0.520. The van der Waals surface area contributed by atoms with Crippen LogP contribution in [0.5, 0.6) is 46.0 Å². The van der Waals surface area contributed by atoms with E-state index in [-0.39, 0.29) is 33.0 Å². The van der Waals surface area contributed by atoms with Crippen molar-refractivity contribution in [2.45, 2.75) is 0 Å². The Morgan fingerprint density at radius 3 is 1.34 bits per heavy atom. The molecule has 0 aliphatic carbocycles. The molecule has 5 rings (SSSR count). The fourth-order valence-corrected chi connectivity index (χ4v) is 4.93. The van der Waals surface area contributed by atoms with Gasteiger partial charge in [-0.3, -0.25) is 0 Å². The van der Waals surface area contributed by atoms with Gasteiger partial charge in [-0.05, 0) is 48.5 Å². The van der Waals surface area contributed by atoms with Crippen molar-refractivity contribution in [3.05, 3.63) is 127 Å². The standard InChI is InChI=1S/C33H26O6P.Li/c1-35-27-19-12-20-28(36-2)31(27)33(34)40-32-29(38-24-15-8-4-9-16-24)21-26(37-23-13-6-3-7-14-23)22-30(32)39-25-17-10-5-11-18-25;/h3-22H,1-2H3;/q-1;+1. The second kappa shape index (κ2) is 14.4. The summed E-state index contributed by atoms with van der Waals surface area (Å²) in [6.45, 7) is 0. The number of benzene rings is 5. The monoisotopic (exact) mass is 556 g/mol. The zero-order valence-corrected chi connectivity index (χ0v) is 23.8. The van der Waals surface area contributed by atoms with Crippen LogP contribution in [0.25, 0.3) is 0 Å². The molecule has 0 N–H and O–H groups in total. The second-order valence-electron chi connectivity index (χ2n) is 8.47. The number of carbonyl (C=O) groups excluding carboxylic acids is 1. The molecule has 0 radical (unpaired) electrons. The first-order valence-corrected chi connectivity index (χ1v) is 13.4. The van der Waals surface area contributed by atoms with E-state index in [1.807, 2.05) is 91.0 Å². The van der Waals surface area contributed by atoms with E-state index in [2.05, 4.69) is 0 Å². The molecule has 8 heteroatoms. The van der Waals surface area contributed by atoms with Crippen molar-refractivity contribution in [2.75, 3.05) is 14.2 Å². The van der Waals surface area contributed by atoms with Crippen molar-refractivity contribution in [1.29, 1.82) is 0 Å². The van der Waals surface area contributed by atoms with Gasteiger partial charge in [-0.1, -0.05) is 60.7 Å². The summed E-state index contributed by atoms with van der Waals surface area (Å²) in [7, 11) is 3.33. The molecular formula is C33H26LiO6P. The molecule has 0 bridgehead atoms. The van der Waals surface area contributed by atoms with Crippen LogP contribution >= 0.6 is 8.58 Å². The molecule has 5 aromatic carbocycles. The maximum atomic E-state index is 13.8. The third kappa shape index (κ3) is 7.51. The minimum Gasteiger partial charge on any atom is -0.496 e. The third-order valence-corrected chi connectivity index (χ3v) is 6.88. The second-order valence-corrected chi connectivity index (χ2v) is 9.54. The maximum Gasteiger partial charge on any atom is 1.00 e. The van der Waals surface area contributed by atoms with Crippen molar-refractivity contribution in [3.63, 3.8) is 0 Å². The summed E-state index contributed by atoms with van der Waals surface area (Å²) in [6, 6.07) is 36.9. The van der Waals surface area contributed by atoms with E-state index < -0.39 is 0 Å². The van der Waals surface area contributed by atoms with Crippen molar-refractivity contribution >= 4 is 19.4 Å². The van der Waals surface area contributed by atoms with E-state index in [4.69, 9.17) is 23.7 Å². The van der Waals surface area contributed by atoms with E-state index in [0.29, 0.717) is 56.9 Å². The van der Waals surface area contributed by atoms with Gasteiger partial charge in [0.2, 0.25) is 0 Å². The molecule has 6 nitrogen and oxygen atoms in total. The van der Waals surface area contributed by atoms with Gasteiger partial charge in [-0.15, -0.1) is 5.30 Å². The maximum absolute atomic E-state index is 13.8. The predicted molar refractivity (Wildman–Crippen MR) is 156 cm³/mol. The van der Waals surface area contributed by atoms with Gasteiger partial charge in [0.25, 0.3) is 0 Å². The van der Waals surface area contributed by atoms with Crippen molar-refractivity contribution < 1.29 is 47.3 Å². The zero-order chi connectivity index (χ0) is 27.7. The molecule has 0 saturated carbocycles. The molecule has 5 aromatic rings. The van der Waals surface area contributed by atoms with Gasteiger partial charge in [-0.2, -0.15) is 0 Å². The van der Waals surface area contributed by atoms with E-state index >= 15 is 0 Å². The van der Waals surface area contributed by atoms with Gasteiger partial charge in [0.05, 0.1) is 19.8 Å². The number of hydrogen-bond donors (Lipinski definition) is 0. The smallest absolute Gasteiger partial charge is 0.496 e. The topological polar surface area (TPSA) is 63.2 Å². The first-order valence-electron chi connectivity index (χ1n) is 12.5. The molecule has 0 heterocycles. The number of rotatable bonds is 11. The summed E-state index contributed by atoms with van der Waals surface area (Å²) >= 11 is 0. The van der Waals surface area contributed by atoms with Crippen LogP contribution in [0.15, 0.2) is 121 Å². The van der Waals surface area contributed by atoms with Gasteiger partial charge in [0.1, 0.15) is 46.0 Å². The van der Waals surface area contributed by atoms with Crippen LogP contribution < -0.4 is 47.8 Å². The molecule has 0 saturated heterocycles. The Labute approximate surface area is 253 Å².